The average molecular weight is 577 g/mol. The van der Waals surface area contributed by atoms with Gasteiger partial charge in [0, 0.05) is 11.8 Å². The Morgan fingerprint density at radius 2 is 2.00 bits per heavy atom. The fourth-order valence-corrected chi connectivity index (χ4v) is 6.00. The third-order valence-electron chi connectivity index (χ3n) is 6.99. The first kappa shape index (κ1) is 27.8. The molecule has 2 aliphatic heterocycles. The third-order valence-corrected chi connectivity index (χ3v) is 7.99. The van der Waals surface area contributed by atoms with Crippen LogP contribution in [0.25, 0.3) is 0 Å². The van der Waals surface area contributed by atoms with Crippen LogP contribution >= 0.6 is 11.3 Å². The normalized spacial score (nSPS) is 18.4. The van der Waals surface area contributed by atoms with E-state index in [0.29, 0.717) is 52.5 Å². The molecular formula is C27H26F4N5O3S+. The highest BCUT2D eigenvalue weighted by Gasteiger charge is 2.44. The number of halogens is 4. The molecule has 2 aliphatic rings. The Hall–Kier alpha value is -3.76. The van der Waals surface area contributed by atoms with Gasteiger partial charge in [-0.3, -0.25) is 0 Å². The summed E-state index contributed by atoms with van der Waals surface area (Å²) in [5.41, 5.74) is 0.530. The molecule has 0 aliphatic carbocycles. The van der Waals surface area contributed by atoms with Crippen LogP contribution in [0.1, 0.15) is 67.3 Å². The Labute approximate surface area is 231 Å². The van der Waals surface area contributed by atoms with E-state index >= 15 is 0 Å². The molecule has 5 rings (SSSR count). The lowest BCUT2D eigenvalue weighted by molar-refractivity contribution is -0.132. The summed E-state index contributed by atoms with van der Waals surface area (Å²) in [6.45, 7) is 0.434. The minimum Gasteiger partial charge on any atom is -0.481 e. The molecule has 4 heterocycles. The Bertz CT molecular complexity index is 1440. The number of amides is 1. The Morgan fingerprint density at radius 1 is 1.20 bits per heavy atom. The van der Waals surface area contributed by atoms with Gasteiger partial charge in [0.2, 0.25) is 0 Å². The maximum absolute atomic E-state index is 13.7. The number of hydrogen-bond donors (Lipinski definition) is 0. The minimum atomic E-state index is -3.05. The van der Waals surface area contributed by atoms with Crippen LogP contribution in [0, 0.1) is 12.3 Å². The van der Waals surface area contributed by atoms with Crippen LogP contribution in [0.3, 0.4) is 0 Å². The Balaban J connectivity index is 1.35. The van der Waals surface area contributed by atoms with Crippen molar-refractivity contribution in [1.29, 1.82) is 0 Å². The summed E-state index contributed by atoms with van der Waals surface area (Å²) < 4.78 is 59.4. The van der Waals surface area contributed by atoms with Crippen molar-refractivity contribution in [2.24, 2.45) is 5.16 Å². The van der Waals surface area contributed by atoms with Crippen molar-refractivity contribution in [3.63, 3.8) is 0 Å². The molecule has 0 radical (unpaired) electrons. The van der Waals surface area contributed by atoms with E-state index in [0.717, 1.165) is 24.8 Å². The second-order valence-corrected chi connectivity index (χ2v) is 10.4. The molecule has 40 heavy (non-hydrogen) atoms. The SMILES string of the molecule is C#CCOc1cccc(C2CC(c3csc([N+]4(C(=O)Cn5nc(C(F)F)cc5C(F)F)CCCCC4)n3)=NO2)c1. The number of quaternary nitrogens is 1. The number of likely N-dealkylation sites (tertiary alicyclic amines) is 1. The maximum Gasteiger partial charge on any atom is 0.342 e. The van der Waals surface area contributed by atoms with Gasteiger partial charge in [-0.05, 0) is 43.0 Å². The summed E-state index contributed by atoms with van der Waals surface area (Å²) in [6.07, 6.45) is 1.65. The van der Waals surface area contributed by atoms with E-state index in [1.165, 1.54) is 11.3 Å². The van der Waals surface area contributed by atoms with E-state index in [2.05, 4.69) is 16.2 Å². The van der Waals surface area contributed by atoms with E-state index in [-0.39, 0.29) is 17.2 Å². The molecule has 8 nitrogen and oxygen atoms in total. The molecule has 210 valence electrons. The highest BCUT2D eigenvalue weighted by molar-refractivity contribution is 7.13. The summed E-state index contributed by atoms with van der Waals surface area (Å²) >= 11 is 1.28. The molecule has 1 fully saturated rings. The van der Waals surface area contributed by atoms with Gasteiger partial charge in [-0.2, -0.15) is 10.1 Å². The third kappa shape index (κ3) is 5.59. The predicted molar refractivity (Wildman–Crippen MR) is 140 cm³/mol. The standard InChI is InChI=1S/C27H26F4N5O3S/c1-2-11-38-18-8-6-7-17(12-18)23-14-19(34-39-23)21-16-40-27(32-21)36(9-4-3-5-10-36)24(37)15-35-22(26(30)31)13-20(33-35)25(28)29/h1,6-8,12-13,16,23,25-26H,3-5,9-11,14-15H2/q+1. The highest BCUT2D eigenvalue weighted by atomic mass is 32.1. The molecule has 13 heteroatoms. The van der Waals surface area contributed by atoms with Crippen LogP contribution in [0.2, 0.25) is 0 Å². The lowest BCUT2D eigenvalue weighted by atomic mass is 10.0. The number of hydrogen-bond acceptors (Lipinski definition) is 7. The molecule has 0 bridgehead atoms. The molecule has 1 aromatic carbocycles. The van der Waals surface area contributed by atoms with Crippen molar-refractivity contribution in [2.75, 3.05) is 19.7 Å². The molecule has 2 aromatic heterocycles. The van der Waals surface area contributed by atoms with Gasteiger partial charge in [0.1, 0.15) is 35.1 Å². The number of aromatic nitrogens is 3. The van der Waals surface area contributed by atoms with Crippen molar-refractivity contribution < 1.29 is 31.9 Å². The predicted octanol–water partition coefficient (Wildman–Crippen LogP) is 5.81. The quantitative estimate of drug-likeness (QED) is 0.183. The highest BCUT2D eigenvalue weighted by Crippen LogP contribution is 2.36. The largest absolute Gasteiger partial charge is 0.481 e. The van der Waals surface area contributed by atoms with Gasteiger partial charge in [0.05, 0.1) is 13.1 Å². The molecule has 3 aromatic rings. The summed E-state index contributed by atoms with van der Waals surface area (Å²) in [6, 6.07) is 8.01. The van der Waals surface area contributed by atoms with Gasteiger partial charge in [-0.1, -0.05) is 34.5 Å². The van der Waals surface area contributed by atoms with Crippen LogP contribution in [0.4, 0.5) is 22.7 Å². The molecule has 0 spiro atoms. The zero-order valence-corrected chi connectivity index (χ0v) is 22.1. The first-order chi connectivity index (χ1) is 19.3. The van der Waals surface area contributed by atoms with Crippen molar-refractivity contribution in [3.05, 3.63) is 58.4 Å². The number of thiazole rings is 1. The van der Waals surface area contributed by atoms with Crippen LogP contribution in [0.5, 0.6) is 5.75 Å². The first-order valence-corrected chi connectivity index (χ1v) is 13.6. The number of nitrogens with zero attached hydrogens (tertiary/aromatic N) is 5. The number of piperidine rings is 1. The lowest BCUT2D eigenvalue weighted by Gasteiger charge is -2.36. The second-order valence-electron chi connectivity index (χ2n) is 9.54. The van der Waals surface area contributed by atoms with Gasteiger partial charge >= 0.3 is 5.91 Å². The second kappa shape index (κ2) is 11.8. The topological polar surface area (TPSA) is 78.6 Å². The molecule has 1 unspecified atom stereocenters. The number of rotatable bonds is 9. The zero-order valence-electron chi connectivity index (χ0n) is 21.3. The average Bonchev–Trinajstić information content (AvgIpc) is 3.72. The number of oxime groups is 1. The first-order valence-electron chi connectivity index (χ1n) is 12.7. The fourth-order valence-electron chi connectivity index (χ4n) is 4.95. The molecule has 1 atom stereocenters. The Kier molecular flexibility index (Phi) is 8.18. The van der Waals surface area contributed by atoms with E-state index < -0.39 is 36.7 Å². The molecule has 1 amide bonds. The smallest absolute Gasteiger partial charge is 0.342 e. The summed E-state index contributed by atoms with van der Waals surface area (Å²) in [7, 11) is 0. The minimum absolute atomic E-state index is 0.147. The van der Waals surface area contributed by atoms with Crippen molar-refractivity contribution in [1.82, 2.24) is 19.2 Å². The van der Waals surface area contributed by atoms with E-state index in [9.17, 15) is 22.4 Å². The monoisotopic (exact) mass is 576 g/mol. The van der Waals surface area contributed by atoms with Gasteiger partial charge < -0.3 is 9.57 Å². The summed E-state index contributed by atoms with van der Waals surface area (Å²) in [5, 5.41) is 10.1. The fraction of sp³-hybridized carbons (Fsp3) is 0.407. The zero-order chi connectivity index (χ0) is 28.3. The van der Waals surface area contributed by atoms with E-state index in [4.69, 9.17) is 21.0 Å². The molecular weight excluding hydrogens is 550 g/mol. The Morgan fingerprint density at radius 3 is 2.73 bits per heavy atom. The van der Waals surface area contributed by atoms with Gasteiger partial charge in [0.15, 0.2) is 12.6 Å². The summed E-state index contributed by atoms with van der Waals surface area (Å²) in [4.78, 5) is 24.1. The number of carbonyl (C=O) groups is 1. The summed E-state index contributed by atoms with van der Waals surface area (Å²) in [5.74, 6) is 2.61. The molecule has 0 N–H and O–H groups in total. The number of carbonyl (C=O) groups excluding carboxylic acids is 1. The van der Waals surface area contributed by atoms with Crippen molar-refractivity contribution in [2.45, 2.75) is 51.2 Å². The maximum atomic E-state index is 13.7. The van der Waals surface area contributed by atoms with Gasteiger partial charge in [-0.15, -0.1) is 6.42 Å². The van der Waals surface area contributed by atoms with Crippen molar-refractivity contribution in [3.8, 4) is 18.1 Å². The molecule has 1 saturated heterocycles. The number of ether oxygens (including phenoxy) is 1. The lowest BCUT2D eigenvalue weighted by Crippen LogP contribution is -2.58. The number of terminal acetylenes is 1. The van der Waals surface area contributed by atoms with E-state index in [1.54, 1.807) is 11.4 Å². The van der Waals surface area contributed by atoms with Gasteiger partial charge in [0.25, 0.3) is 18.0 Å². The van der Waals surface area contributed by atoms with Crippen LogP contribution in [0.15, 0.2) is 40.9 Å². The van der Waals surface area contributed by atoms with Crippen LogP contribution in [-0.4, -0.2) is 46.1 Å². The number of alkyl halides is 4. The van der Waals surface area contributed by atoms with E-state index in [1.807, 2.05) is 18.2 Å². The van der Waals surface area contributed by atoms with Gasteiger partial charge in [-0.25, -0.2) is 31.5 Å². The van der Waals surface area contributed by atoms with Crippen molar-refractivity contribution >= 4 is 28.1 Å². The van der Waals surface area contributed by atoms with Crippen LogP contribution in [-0.2, 0) is 16.2 Å². The van der Waals surface area contributed by atoms with Crippen LogP contribution < -0.4 is 9.22 Å². The molecule has 0 saturated carbocycles. The number of benzene rings is 1.